The molecule has 1 aromatic rings. The summed E-state index contributed by atoms with van der Waals surface area (Å²) in [6, 6.07) is 7.96. The molecule has 0 aliphatic heterocycles. The van der Waals surface area contributed by atoms with Crippen molar-refractivity contribution in [1.29, 1.82) is 0 Å². The lowest BCUT2D eigenvalue weighted by molar-refractivity contribution is 0.846. The third kappa shape index (κ3) is 5.88. The van der Waals surface area contributed by atoms with Crippen molar-refractivity contribution in [3.8, 4) is 0 Å². The first-order chi connectivity index (χ1) is 9.71. The molecule has 0 heterocycles. The van der Waals surface area contributed by atoms with Gasteiger partial charge in [-0.25, -0.2) is 0 Å². The molecule has 0 saturated carbocycles. The number of rotatable bonds is 7. The lowest BCUT2D eigenvalue weighted by Crippen LogP contribution is -2.37. The predicted octanol–water partition coefficient (Wildman–Crippen LogP) is 3.49. The monoisotopic (exact) mass is 311 g/mol. The standard InChI is InChI=1S/C15H22ClN3S/c1-4-9-18-15(17-5-2)19-11-14(20-3)12-7-6-8-13(16)10-12/h4,6-8,10,14H,1,5,9,11H2,2-3H3,(H2,17,18,19). The number of halogens is 1. The van der Waals surface area contributed by atoms with Crippen LogP contribution in [-0.2, 0) is 0 Å². The topological polar surface area (TPSA) is 36.4 Å². The Kier molecular flexibility index (Phi) is 8.23. The first kappa shape index (κ1) is 16.9. The molecular formula is C15H22ClN3S. The zero-order chi connectivity index (χ0) is 14.8. The van der Waals surface area contributed by atoms with Gasteiger partial charge in [0.25, 0.3) is 0 Å². The number of aliphatic imine (C=N–C) groups is 1. The summed E-state index contributed by atoms with van der Waals surface area (Å²) in [6.07, 6.45) is 3.90. The minimum Gasteiger partial charge on any atom is -0.357 e. The van der Waals surface area contributed by atoms with E-state index in [4.69, 9.17) is 11.6 Å². The molecule has 5 heteroatoms. The largest absolute Gasteiger partial charge is 0.357 e. The van der Waals surface area contributed by atoms with Crippen molar-refractivity contribution in [2.75, 3.05) is 25.9 Å². The summed E-state index contributed by atoms with van der Waals surface area (Å²) in [4.78, 5) is 4.61. The average molecular weight is 312 g/mol. The van der Waals surface area contributed by atoms with Gasteiger partial charge in [0, 0.05) is 23.4 Å². The number of hydrogen-bond donors (Lipinski definition) is 2. The van der Waals surface area contributed by atoms with Gasteiger partial charge in [-0.15, -0.1) is 6.58 Å². The molecule has 1 atom stereocenters. The second-order valence-electron chi connectivity index (χ2n) is 4.17. The number of hydrogen-bond acceptors (Lipinski definition) is 2. The third-order valence-corrected chi connectivity index (χ3v) is 3.90. The van der Waals surface area contributed by atoms with Crippen molar-refractivity contribution in [2.45, 2.75) is 12.2 Å². The Labute approximate surface area is 130 Å². The van der Waals surface area contributed by atoms with E-state index in [-0.39, 0.29) is 0 Å². The van der Waals surface area contributed by atoms with Gasteiger partial charge in [0.1, 0.15) is 0 Å². The molecule has 0 spiro atoms. The van der Waals surface area contributed by atoms with Crippen molar-refractivity contribution >= 4 is 29.3 Å². The Balaban J connectivity index is 2.72. The average Bonchev–Trinajstić information content (AvgIpc) is 2.45. The number of nitrogens with zero attached hydrogens (tertiary/aromatic N) is 1. The molecule has 20 heavy (non-hydrogen) atoms. The first-order valence-electron chi connectivity index (χ1n) is 6.62. The molecule has 0 aliphatic rings. The van der Waals surface area contributed by atoms with Crippen LogP contribution in [0.1, 0.15) is 17.7 Å². The number of thioether (sulfide) groups is 1. The van der Waals surface area contributed by atoms with Gasteiger partial charge in [0.15, 0.2) is 5.96 Å². The van der Waals surface area contributed by atoms with Crippen LogP contribution >= 0.6 is 23.4 Å². The van der Waals surface area contributed by atoms with Crippen molar-refractivity contribution < 1.29 is 0 Å². The van der Waals surface area contributed by atoms with Crippen LogP contribution in [0.2, 0.25) is 5.02 Å². The quantitative estimate of drug-likeness (QED) is 0.460. The van der Waals surface area contributed by atoms with Gasteiger partial charge in [-0.2, -0.15) is 11.8 Å². The highest BCUT2D eigenvalue weighted by atomic mass is 35.5. The predicted molar refractivity (Wildman–Crippen MR) is 91.9 cm³/mol. The Hall–Kier alpha value is -1.13. The highest BCUT2D eigenvalue weighted by Gasteiger charge is 2.10. The number of guanidine groups is 1. The van der Waals surface area contributed by atoms with Crippen LogP contribution < -0.4 is 10.6 Å². The minimum atomic E-state index is 0.299. The Bertz CT molecular complexity index is 448. The van der Waals surface area contributed by atoms with E-state index in [0.717, 1.165) is 17.5 Å². The van der Waals surface area contributed by atoms with E-state index in [9.17, 15) is 0 Å². The molecule has 3 nitrogen and oxygen atoms in total. The molecule has 110 valence electrons. The van der Waals surface area contributed by atoms with Crippen molar-refractivity contribution in [1.82, 2.24) is 10.6 Å². The van der Waals surface area contributed by atoms with Gasteiger partial charge in [-0.1, -0.05) is 29.8 Å². The molecule has 0 amide bonds. The van der Waals surface area contributed by atoms with E-state index < -0.39 is 0 Å². The van der Waals surface area contributed by atoms with Crippen LogP contribution in [0.15, 0.2) is 41.9 Å². The second kappa shape index (κ2) is 9.72. The molecule has 0 aliphatic carbocycles. The van der Waals surface area contributed by atoms with Crippen LogP contribution in [0.3, 0.4) is 0 Å². The van der Waals surface area contributed by atoms with Crippen LogP contribution in [0.5, 0.6) is 0 Å². The van der Waals surface area contributed by atoms with Crippen LogP contribution in [0.4, 0.5) is 0 Å². The molecule has 0 bridgehead atoms. The fourth-order valence-electron chi connectivity index (χ4n) is 1.71. The molecule has 0 radical (unpaired) electrons. The summed E-state index contributed by atoms with van der Waals surface area (Å²) < 4.78 is 0. The maximum Gasteiger partial charge on any atom is 0.191 e. The van der Waals surface area contributed by atoms with E-state index in [1.54, 1.807) is 11.8 Å². The van der Waals surface area contributed by atoms with Gasteiger partial charge in [-0.05, 0) is 30.9 Å². The Morgan fingerprint density at radius 2 is 2.30 bits per heavy atom. The first-order valence-corrected chi connectivity index (χ1v) is 8.29. The van der Waals surface area contributed by atoms with Crippen molar-refractivity contribution in [3.05, 3.63) is 47.5 Å². The molecule has 1 rings (SSSR count). The Morgan fingerprint density at radius 1 is 1.50 bits per heavy atom. The molecule has 1 aromatic carbocycles. The smallest absolute Gasteiger partial charge is 0.191 e. The maximum atomic E-state index is 6.05. The van der Waals surface area contributed by atoms with Crippen molar-refractivity contribution in [2.24, 2.45) is 4.99 Å². The number of benzene rings is 1. The zero-order valence-electron chi connectivity index (χ0n) is 12.0. The molecule has 0 aromatic heterocycles. The van der Waals surface area contributed by atoms with Gasteiger partial charge in [0.2, 0.25) is 0 Å². The van der Waals surface area contributed by atoms with Gasteiger partial charge < -0.3 is 10.6 Å². The molecule has 1 unspecified atom stereocenters. The SMILES string of the molecule is C=CCNC(=NCC(SC)c1cccc(Cl)c1)NCC. The van der Waals surface area contributed by atoms with Crippen molar-refractivity contribution in [3.63, 3.8) is 0 Å². The summed E-state index contributed by atoms with van der Waals surface area (Å²) in [7, 11) is 0. The van der Waals surface area contributed by atoms with Crippen LogP contribution in [0, 0.1) is 0 Å². The lowest BCUT2D eigenvalue weighted by Gasteiger charge is -2.15. The minimum absolute atomic E-state index is 0.299. The zero-order valence-corrected chi connectivity index (χ0v) is 13.6. The highest BCUT2D eigenvalue weighted by Crippen LogP contribution is 2.28. The van der Waals surface area contributed by atoms with E-state index >= 15 is 0 Å². The van der Waals surface area contributed by atoms with Gasteiger partial charge in [-0.3, -0.25) is 4.99 Å². The molecule has 0 fully saturated rings. The number of nitrogens with one attached hydrogen (secondary N) is 2. The van der Waals surface area contributed by atoms with E-state index in [2.05, 4.69) is 34.5 Å². The fourth-order valence-corrected chi connectivity index (χ4v) is 2.55. The highest BCUT2D eigenvalue weighted by molar-refractivity contribution is 7.98. The van der Waals surface area contributed by atoms with Crippen LogP contribution in [-0.4, -0.2) is 31.8 Å². The lowest BCUT2D eigenvalue weighted by atomic mass is 10.1. The van der Waals surface area contributed by atoms with E-state index in [1.807, 2.05) is 31.2 Å². The molecule has 0 saturated heterocycles. The third-order valence-electron chi connectivity index (χ3n) is 2.68. The molecular weight excluding hydrogens is 290 g/mol. The summed E-state index contributed by atoms with van der Waals surface area (Å²) in [5.41, 5.74) is 1.20. The molecule has 2 N–H and O–H groups in total. The summed E-state index contributed by atoms with van der Waals surface area (Å²) >= 11 is 7.82. The normalized spacial score (nSPS) is 12.8. The summed E-state index contributed by atoms with van der Waals surface area (Å²) in [5, 5.41) is 7.48. The van der Waals surface area contributed by atoms with Crippen LogP contribution in [0.25, 0.3) is 0 Å². The summed E-state index contributed by atoms with van der Waals surface area (Å²) in [5.74, 6) is 0.813. The Morgan fingerprint density at radius 3 is 2.90 bits per heavy atom. The maximum absolute atomic E-state index is 6.05. The fraction of sp³-hybridized carbons (Fsp3) is 0.400. The van der Waals surface area contributed by atoms with E-state index in [1.165, 1.54) is 5.56 Å². The van der Waals surface area contributed by atoms with Gasteiger partial charge >= 0.3 is 0 Å². The van der Waals surface area contributed by atoms with Gasteiger partial charge in [0.05, 0.1) is 6.54 Å². The second-order valence-corrected chi connectivity index (χ2v) is 5.65. The summed E-state index contributed by atoms with van der Waals surface area (Å²) in [6.45, 7) is 7.99. The van der Waals surface area contributed by atoms with E-state index in [0.29, 0.717) is 18.3 Å².